The third kappa shape index (κ3) is 3.76. The van der Waals surface area contributed by atoms with Crippen molar-refractivity contribution >= 4 is 17.6 Å². The summed E-state index contributed by atoms with van der Waals surface area (Å²) in [4.78, 5) is 23.1. The summed E-state index contributed by atoms with van der Waals surface area (Å²) in [6, 6.07) is 2.81. The van der Waals surface area contributed by atoms with Crippen LogP contribution < -0.4 is 5.32 Å². The van der Waals surface area contributed by atoms with E-state index in [0.717, 1.165) is 37.8 Å². The summed E-state index contributed by atoms with van der Waals surface area (Å²) in [6.45, 7) is -0.466. The van der Waals surface area contributed by atoms with Gasteiger partial charge in [-0.1, -0.05) is 12.8 Å². The number of anilines is 1. The van der Waals surface area contributed by atoms with Crippen LogP contribution in [0.25, 0.3) is 0 Å². The molecule has 0 aromatic heterocycles. The Morgan fingerprint density at radius 2 is 1.95 bits per heavy atom. The Kier molecular flexibility index (Phi) is 4.65. The lowest BCUT2D eigenvalue weighted by molar-refractivity contribution is -0.151. The number of halogens is 2. The zero-order valence-corrected chi connectivity index (χ0v) is 10.8. The molecule has 1 aliphatic carbocycles. The van der Waals surface area contributed by atoms with Gasteiger partial charge in [0.1, 0.15) is 11.6 Å². The normalized spacial score (nSPS) is 15.1. The molecule has 6 heteroatoms. The topological polar surface area (TPSA) is 55.4 Å². The second-order valence-electron chi connectivity index (χ2n) is 4.76. The molecule has 0 bridgehead atoms. The van der Waals surface area contributed by atoms with E-state index in [1.807, 2.05) is 0 Å². The Bertz CT molecular complexity index is 513. The van der Waals surface area contributed by atoms with Gasteiger partial charge < -0.3 is 10.1 Å². The lowest BCUT2D eigenvalue weighted by Crippen LogP contribution is -2.24. The third-order valence-electron chi connectivity index (χ3n) is 3.24. The molecule has 20 heavy (non-hydrogen) atoms. The van der Waals surface area contributed by atoms with Crippen LogP contribution in [0.5, 0.6) is 0 Å². The highest BCUT2D eigenvalue weighted by atomic mass is 19.1. The fourth-order valence-electron chi connectivity index (χ4n) is 2.19. The van der Waals surface area contributed by atoms with Crippen molar-refractivity contribution in [3.05, 3.63) is 29.8 Å². The van der Waals surface area contributed by atoms with E-state index in [1.165, 1.54) is 0 Å². The van der Waals surface area contributed by atoms with Crippen LogP contribution in [0.4, 0.5) is 14.5 Å². The molecule has 2 rings (SSSR count). The number of amides is 1. The van der Waals surface area contributed by atoms with Crippen LogP contribution >= 0.6 is 0 Å². The highest BCUT2D eigenvalue weighted by Gasteiger charge is 2.24. The molecule has 0 aliphatic heterocycles. The number of carbonyl (C=O) groups excluding carboxylic acids is 2. The summed E-state index contributed by atoms with van der Waals surface area (Å²) in [5, 5.41) is 2.23. The van der Waals surface area contributed by atoms with Crippen LogP contribution in [0.15, 0.2) is 18.2 Å². The molecule has 0 atom stereocenters. The van der Waals surface area contributed by atoms with Crippen molar-refractivity contribution in [3.8, 4) is 0 Å². The van der Waals surface area contributed by atoms with Crippen molar-refractivity contribution in [2.45, 2.75) is 25.7 Å². The van der Waals surface area contributed by atoms with E-state index in [9.17, 15) is 18.4 Å². The maximum absolute atomic E-state index is 13.3. The zero-order chi connectivity index (χ0) is 14.5. The van der Waals surface area contributed by atoms with E-state index >= 15 is 0 Å². The van der Waals surface area contributed by atoms with Crippen LogP contribution in [0.1, 0.15) is 25.7 Å². The molecule has 4 nitrogen and oxygen atoms in total. The first kappa shape index (κ1) is 14.4. The summed E-state index contributed by atoms with van der Waals surface area (Å²) in [6.07, 6.45) is 3.56. The van der Waals surface area contributed by atoms with Crippen molar-refractivity contribution in [2.24, 2.45) is 5.92 Å². The van der Waals surface area contributed by atoms with Crippen LogP contribution in [0.2, 0.25) is 0 Å². The van der Waals surface area contributed by atoms with Gasteiger partial charge in [0.25, 0.3) is 5.91 Å². The lowest BCUT2D eigenvalue weighted by atomic mass is 10.1. The molecule has 1 N–H and O–H groups in total. The summed E-state index contributed by atoms with van der Waals surface area (Å²) >= 11 is 0. The minimum absolute atomic E-state index is 0.134. The van der Waals surface area contributed by atoms with Gasteiger partial charge >= 0.3 is 5.97 Å². The van der Waals surface area contributed by atoms with Crippen molar-refractivity contribution in [1.29, 1.82) is 0 Å². The maximum atomic E-state index is 13.3. The first-order valence-corrected chi connectivity index (χ1v) is 6.48. The smallest absolute Gasteiger partial charge is 0.309 e. The minimum atomic E-state index is -0.875. The molecule has 1 aromatic rings. The van der Waals surface area contributed by atoms with Crippen LogP contribution in [0, 0.1) is 17.6 Å². The number of hydrogen-bond acceptors (Lipinski definition) is 3. The van der Waals surface area contributed by atoms with Gasteiger partial charge in [0.2, 0.25) is 0 Å². The van der Waals surface area contributed by atoms with Gasteiger partial charge in [0, 0.05) is 6.07 Å². The van der Waals surface area contributed by atoms with Gasteiger partial charge in [-0.3, -0.25) is 9.59 Å². The fraction of sp³-hybridized carbons (Fsp3) is 0.429. The molecule has 108 valence electrons. The van der Waals surface area contributed by atoms with Gasteiger partial charge in [0.15, 0.2) is 6.61 Å². The number of ether oxygens (including phenoxy) is 1. The van der Waals surface area contributed by atoms with E-state index in [1.54, 1.807) is 0 Å². The van der Waals surface area contributed by atoms with Gasteiger partial charge in [-0.2, -0.15) is 0 Å². The van der Waals surface area contributed by atoms with Crippen molar-refractivity contribution in [2.75, 3.05) is 11.9 Å². The van der Waals surface area contributed by atoms with Crippen LogP contribution in [0.3, 0.4) is 0 Å². The van der Waals surface area contributed by atoms with Crippen LogP contribution in [-0.2, 0) is 14.3 Å². The maximum Gasteiger partial charge on any atom is 0.309 e. The largest absolute Gasteiger partial charge is 0.455 e. The highest BCUT2D eigenvalue weighted by Crippen LogP contribution is 2.25. The Morgan fingerprint density at radius 3 is 2.60 bits per heavy atom. The van der Waals surface area contributed by atoms with E-state index in [2.05, 4.69) is 5.32 Å². The minimum Gasteiger partial charge on any atom is -0.455 e. The second kappa shape index (κ2) is 6.45. The predicted octanol–water partition coefficient (Wildman–Crippen LogP) is 2.64. The van der Waals surface area contributed by atoms with E-state index in [4.69, 9.17) is 4.74 Å². The number of rotatable bonds is 4. The third-order valence-corrected chi connectivity index (χ3v) is 3.24. The van der Waals surface area contributed by atoms with Crippen molar-refractivity contribution < 1.29 is 23.1 Å². The van der Waals surface area contributed by atoms with Gasteiger partial charge in [0.05, 0.1) is 11.6 Å². The Balaban J connectivity index is 1.81. The van der Waals surface area contributed by atoms with Gasteiger partial charge in [-0.25, -0.2) is 8.78 Å². The summed E-state index contributed by atoms with van der Waals surface area (Å²) < 4.78 is 30.9. The number of nitrogens with one attached hydrogen (secondary N) is 1. The number of esters is 1. The molecule has 1 amide bonds. The average Bonchev–Trinajstić information content (AvgIpc) is 2.93. The zero-order valence-electron chi connectivity index (χ0n) is 10.8. The Morgan fingerprint density at radius 1 is 1.25 bits per heavy atom. The lowest BCUT2D eigenvalue weighted by Gasteiger charge is -2.10. The average molecular weight is 283 g/mol. The molecular formula is C14H15F2NO3. The Hall–Kier alpha value is -1.98. The molecule has 1 aromatic carbocycles. The first-order valence-electron chi connectivity index (χ1n) is 6.48. The van der Waals surface area contributed by atoms with Crippen LogP contribution in [-0.4, -0.2) is 18.5 Å². The summed E-state index contributed by atoms with van der Waals surface area (Å²) in [7, 11) is 0. The Labute approximate surface area is 115 Å². The highest BCUT2D eigenvalue weighted by molar-refractivity contribution is 5.93. The monoisotopic (exact) mass is 283 g/mol. The van der Waals surface area contributed by atoms with Crippen molar-refractivity contribution in [1.82, 2.24) is 0 Å². The molecule has 1 aliphatic rings. The number of carbonyl (C=O) groups is 2. The molecule has 0 radical (unpaired) electrons. The van der Waals surface area contributed by atoms with Crippen molar-refractivity contribution in [3.63, 3.8) is 0 Å². The summed E-state index contributed by atoms with van der Waals surface area (Å²) in [5.41, 5.74) is -0.145. The molecular weight excluding hydrogens is 268 g/mol. The molecule has 0 heterocycles. The molecule has 0 spiro atoms. The van der Waals surface area contributed by atoms with E-state index in [-0.39, 0.29) is 11.6 Å². The van der Waals surface area contributed by atoms with Gasteiger partial charge in [-0.05, 0) is 25.0 Å². The van der Waals surface area contributed by atoms with E-state index < -0.39 is 30.1 Å². The molecule has 1 fully saturated rings. The quantitative estimate of drug-likeness (QED) is 0.864. The standard InChI is InChI=1S/C14H15F2NO3/c15-10-5-6-12(11(16)7-10)17-13(18)8-20-14(19)9-3-1-2-4-9/h5-7,9H,1-4,8H2,(H,17,18). The summed E-state index contributed by atoms with van der Waals surface area (Å²) in [5.74, 6) is -2.78. The SMILES string of the molecule is O=C(COC(=O)C1CCCC1)Nc1ccc(F)cc1F. The molecule has 0 unspecified atom stereocenters. The number of hydrogen-bond donors (Lipinski definition) is 1. The second-order valence-corrected chi connectivity index (χ2v) is 4.76. The predicted molar refractivity (Wildman–Crippen MR) is 67.9 cm³/mol. The molecule has 1 saturated carbocycles. The fourth-order valence-corrected chi connectivity index (χ4v) is 2.19. The van der Waals surface area contributed by atoms with Gasteiger partial charge in [-0.15, -0.1) is 0 Å². The van der Waals surface area contributed by atoms with E-state index in [0.29, 0.717) is 6.07 Å². The molecule has 0 saturated heterocycles. The number of benzene rings is 1. The first-order chi connectivity index (χ1) is 9.56.